The average molecular weight is 397 g/mol. The van der Waals surface area contributed by atoms with Gasteiger partial charge in [0, 0.05) is 29.4 Å². The molecular weight excluding hydrogens is 378 g/mol. The number of alkyl halides is 1. The van der Waals surface area contributed by atoms with E-state index in [1.165, 1.54) is 10.6 Å². The largest absolute Gasteiger partial charge is 0.493 e. The topological polar surface area (TPSA) is 46.6 Å². The third-order valence-corrected chi connectivity index (χ3v) is 5.93. The van der Waals surface area contributed by atoms with Crippen molar-refractivity contribution in [1.82, 2.24) is 4.31 Å². The van der Waals surface area contributed by atoms with Gasteiger partial charge in [0.15, 0.2) is 0 Å². The molecule has 21 heavy (non-hydrogen) atoms. The molecule has 0 aliphatic carbocycles. The zero-order chi connectivity index (χ0) is 15.5. The second-order valence-electron chi connectivity index (χ2n) is 5.33. The van der Waals surface area contributed by atoms with E-state index >= 15 is 0 Å². The van der Waals surface area contributed by atoms with Gasteiger partial charge in [0.05, 0.1) is 12.9 Å². The third-order valence-electron chi connectivity index (χ3n) is 3.60. The molecule has 118 valence electrons. The van der Waals surface area contributed by atoms with Gasteiger partial charge in [-0.25, -0.2) is 12.7 Å². The molecule has 7 heteroatoms. The maximum absolute atomic E-state index is 11.6. The first-order valence-electron chi connectivity index (χ1n) is 6.82. The Bertz CT molecular complexity index is 594. The molecule has 1 aromatic carbocycles. The SMILES string of the molecule is CS(=O)(=O)N1CCCC(COc2ccc(Br)c(CCl)c2)C1. The van der Waals surface area contributed by atoms with Crippen molar-refractivity contribution >= 4 is 37.6 Å². The molecule has 1 aliphatic heterocycles. The summed E-state index contributed by atoms with van der Waals surface area (Å²) in [5.41, 5.74) is 0.982. The lowest BCUT2D eigenvalue weighted by Crippen LogP contribution is -2.40. The van der Waals surface area contributed by atoms with Crippen LogP contribution < -0.4 is 4.74 Å². The monoisotopic (exact) mass is 395 g/mol. The van der Waals surface area contributed by atoms with Gasteiger partial charge in [-0.05, 0) is 36.6 Å². The fraction of sp³-hybridized carbons (Fsp3) is 0.571. The first-order chi connectivity index (χ1) is 9.90. The van der Waals surface area contributed by atoms with Crippen molar-refractivity contribution in [2.45, 2.75) is 18.7 Å². The summed E-state index contributed by atoms with van der Waals surface area (Å²) in [6.45, 7) is 1.68. The molecule has 0 amide bonds. The van der Waals surface area contributed by atoms with Crippen molar-refractivity contribution in [3.63, 3.8) is 0 Å². The molecular formula is C14H19BrClNO3S. The second-order valence-corrected chi connectivity index (χ2v) is 8.43. The van der Waals surface area contributed by atoms with E-state index < -0.39 is 10.0 Å². The van der Waals surface area contributed by atoms with E-state index in [0.717, 1.165) is 28.6 Å². The zero-order valence-corrected chi connectivity index (χ0v) is 15.0. The maximum Gasteiger partial charge on any atom is 0.211 e. The standard InChI is InChI=1S/C14H19BrClNO3S/c1-21(18,19)17-6-2-3-11(9-17)10-20-13-4-5-14(15)12(7-13)8-16/h4-5,7,11H,2-3,6,8-10H2,1H3. The van der Waals surface area contributed by atoms with Gasteiger partial charge in [0.1, 0.15) is 5.75 Å². The molecule has 0 aromatic heterocycles. The molecule has 0 radical (unpaired) electrons. The van der Waals surface area contributed by atoms with Gasteiger partial charge in [-0.15, -0.1) is 11.6 Å². The number of nitrogens with zero attached hydrogens (tertiary/aromatic N) is 1. The van der Waals surface area contributed by atoms with Crippen molar-refractivity contribution in [2.24, 2.45) is 5.92 Å². The van der Waals surface area contributed by atoms with Crippen LogP contribution in [-0.4, -0.2) is 38.7 Å². The first-order valence-corrected chi connectivity index (χ1v) is 10.00. The van der Waals surface area contributed by atoms with Crippen molar-refractivity contribution in [3.05, 3.63) is 28.2 Å². The summed E-state index contributed by atoms with van der Waals surface area (Å²) in [6.07, 6.45) is 3.14. The first kappa shape index (κ1) is 17.1. The Labute approximate surface area is 139 Å². The Morgan fingerprint density at radius 1 is 1.48 bits per heavy atom. The van der Waals surface area contributed by atoms with Crippen molar-refractivity contribution in [2.75, 3.05) is 26.0 Å². The highest BCUT2D eigenvalue weighted by molar-refractivity contribution is 9.10. The minimum absolute atomic E-state index is 0.233. The molecule has 1 aromatic rings. The smallest absolute Gasteiger partial charge is 0.211 e. The Morgan fingerprint density at radius 2 is 2.24 bits per heavy atom. The van der Waals surface area contributed by atoms with Crippen molar-refractivity contribution in [3.8, 4) is 5.75 Å². The van der Waals surface area contributed by atoms with Gasteiger partial charge in [-0.2, -0.15) is 0 Å². The van der Waals surface area contributed by atoms with Crippen LogP contribution in [0.5, 0.6) is 5.75 Å². The van der Waals surface area contributed by atoms with Gasteiger partial charge >= 0.3 is 0 Å². The van der Waals surface area contributed by atoms with Crippen molar-refractivity contribution < 1.29 is 13.2 Å². The van der Waals surface area contributed by atoms with Crippen LogP contribution in [0.2, 0.25) is 0 Å². The third kappa shape index (κ3) is 4.84. The number of ether oxygens (including phenoxy) is 1. The summed E-state index contributed by atoms with van der Waals surface area (Å²) in [6, 6.07) is 5.71. The number of halogens is 2. The highest BCUT2D eigenvalue weighted by atomic mass is 79.9. The minimum atomic E-state index is -3.10. The number of hydrogen-bond acceptors (Lipinski definition) is 3. The molecule has 1 saturated heterocycles. The average Bonchev–Trinajstić information content (AvgIpc) is 2.46. The number of hydrogen-bond donors (Lipinski definition) is 0. The molecule has 0 saturated carbocycles. The number of sulfonamides is 1. The van der Waals surface area contributed by atoms with Crippen LogP contribution in [0.1, 0.15) is 18.4 Å². The van der Waals surface area contributed by atoms with Crippen LogP contribution in [0.15, 0.2) is 22.7 Å². The minimum Gasteiger partial charge on any atom is -0.493 e. The summed E-state index contributed by atoms with van der Waals surface area (Å²) in [4.78, 5) is 0. The van der Waals surface area contributed by atoms with Crippen LogP contribution in [0.3, 0.4) is 0 Å². The molecule has 0 spiro atoms. The summed E-state index contributed by atoms with van der Waals surface area (Å²) in [7, 11) is -3.10. The summed E-state index contributed by atoms with van der Waals surface area (Å²) in [5.74, 6) is 1.42. The van der Waals surface area contributed by atoms with Crippen LogP contribution in [-0.2, 0) is 15.9 Å². The Balaban J connectivity index is 1.94. The molecule has 1 fully saturated rings. The Hall–Kier alpha value is -0.300. The lowest BCUT2D eigenvalue weighted by Gasteiger charge is -2.30. The predicted molar refractivity (Wildman–Crippen MR) is 88.3 cm³/mol. The summed E-state index contributed by atoms with van der Waals surface area (Å²) < 4.78 is 31.5. The molecule has 0 N–H and O–H groups in total. The van der Waals surface area contributed by atoms with Crippen molar-refractivity contribution in [1.29, 1.82) is 0 Å². The number of piperidine rings is 1. The van der Waals surface area contributed by atoms with Crippen LogP contribution >= 0.6 is 27.5 Å². The Morgan fingerprint density at radius 3 is 2.90 bits per heavy atom. The number of rotatable bonds is 5. The molecule has 0 bridgehead atoms. The van der Waals surface area contributed by atoms with Gasteiger partial charge in [0.25, 0.3) is 0 Å². The zero-order valence-electron chi connectivity index (χ0n) is 11.9. The summed E-state index contributed by atoms with van der Waals surface area (Å²) in [5, 5.41) is 0. The summed E-state index contributed by atoms with van der Waals surface area (Å²) >= 11 is 9.30. The van der Waals surface area contributed by atoms with E-state index in [1.807, 2.05) is 18.2 Å². The highest BCUT2D eigenvalue weighted by Gasteiger charge is 2.26. The normalized spacial score (nSPS) is 20.4. The van der Waals surface area contributed by atoms with Crippen LogP contribution in [0.4, 0.5) is 0 Å². The van der Waals surface area contributed by atoms with E-state index in [-0.39, 0.29) is 5.92 Å². The lowest BCUT2D eigenvalue weighted by atomic mass is 10.0. The van der Waals surface area contributed by atoms with Gasteiger partial charge in [0.2, 0.25) is 10.0 Å². The Kier molecular flexibility index (Phi) is 5.94. The van der Waals surface area contributed by atoms with E-state index in [4.69, 9.17) is 16.3 Å². The van der Waals surface area contributed by atoms with E-state index in [0.29, 0.717) is 25.6 Å². The van der Waals surface area contributed by atoms with Gasteiger partial charge in [-0.3, -0.25) is 0 Å². The van der Waals surface area contributed by atoms with E-state index in [9.17, 15) is 8.42 Å². The molecule has 1 atom stereocenters. The molecule has 2 rings (SSSR count). The fourth-order valence-corrected chi connectivity index (χ4v) is 4.13. The molecule has 4 nitrogen and oxygen atoms in total. The molecule has 1 unspecified atom stereocenters. The van der Waals surface area contributed by atoms with E-state index in [1.54, 1.807) is 0 Å². The van der Waals surface area contributed by atoms with Gasteiger partial charge in [-0.1, -0.05) is 15.9 Å². The number of benzene rings is 1. The lowest BCUT2D eigenvalue weighted by molar-refractivity contribution is 0.180. The highest BCUT2D eigenvalue weighted by Crippen LogP contribution is 2.25. The van der Waals surface area contributed by atoms with Crippen LogP contribution in [0.25, 0.3) is 0 Å². The fourth-order valence-electron chi connectivity index (χ4n) is 2.42. The molecule has 1 heterocycles. The van der Waals surface area contributed by atoms with Crippen LogP contribution in [0, 0.1) is 5.92 Å². The van der Waals surface area contributed by atoms with Gasteiger partial charge < -0.3 is 4.74 Å². The second kappa shape index (κ2) is 7.31. The predicted octanol–water partition coefficient (Wildman–Crippen LogP) is 3.24. The maximum atomic E-state index is 11.6. The van der Waals surface area contributed by atoms with E-state index in [2.05, 4.69) is 15.9 Å². The quantitative estimate of drug-likeness (QED) is 0.718. The molecule has 1 aliphatic rings.